The van der Waals surface area contributed by atoms with E-state index in [1.807, 2.05) is 19.2 Å². The predicted molar refractivity (Wildman–Crippen MR) is 79.7 cm³/mol. The van der Waals surface area contributed by atoms with Crippen LogP contribution in [0, 0.1) is 17.0 Å². The number of thiazole rings is 1. The smallest absolute Gasteiger partial charge is 0.285 e. The molecule has 2 aromatic rings. The number of nitrogens with zero attached hydrogens (tertiary/aromatic N) is 2. The number of benzene rings is 1. The maximum atomic E-state index is 10.9. The molecule has 1 atom stereocenters. The summed E-state index contributed by atoms with van der Waals surface area (Å²) in [6.07, 6.45) is 0. The number of hydrogen-bond donors (Lipinski definition) is 1. The minimum atomic E-state index is -0.410. The largest absolute Gasteiger partial charge is 0.377 e. The first-order valence-electron chi connectivity index (χ1n) is 5.60. The van der Waals surface area contributed by atoms with Crippen molar-refractivity contribution >= 4 is 38.6 Å². The second-order valence-electron chi connectivity index (χ2n) is 4.08. The molecular weight excluding hydrogens is 330 g/mol. The number of nitrogens with one attached hydrogen (secondary N) is 1. The third-order valence-electron chi connectivity index (χ3n) is 2.61. The van der Waals surface area contributed by atoms with Crippen LogP contribution in [-0.2, 0) is 0 Å². The van der Waals surface area contributed by atoms with Gasteiger partial charge in [0.25, 0.3) is 5.69 Å². The van der Waals surface area contributed by atoms with Gasteiger partial charge in [0.15, 0.2) is 0 Å². The Morgan fingerprint density at radius 1 is 1.53 bits per heavy atom. The second kappa shape index (κ2) is 5.66. The molecule has 0 bridgehead atoms. The van der Waals surface area contributed by atoms with Crippen LogP contribution in [-0.4, -0.2) is 9.91 Å². The van der Waals surface area contributed by atoms with Gasteiger partial charge in [-0.15, -0.1) is 11.3 Å². The molecule has 0 aliphatic rings. The van der Waals surface area contributed by atoms with Crippen molar-refractivity contribution in [1.29, 1.82) is 0 Å². The highest BCUT2D eigenvalue weighted by molar-refractivity contribution is 9.10. The molecule has 100 valence electrons. The lowest BCUT2D eigenvalue weighted by molar-refractivity contribution is -0.385. The van der Waals surface area contributed by atoms with Crippen molar-refractivity contribution in [1.82, 2.24) is 4.98 Å². The summed E-state index contributed by atoms with van der Waals surface area (Å²) in [7, 11) is 0. The molecule has 0 saturated carbocycles. The first-order chi connectivity index (χ1) is 8.97. The van der Waals surface area contributed by atoms with E-state index in [1.54, 1.807) is 23.5 Å². The van der Waals surface area contributed by atoms with Crippen molar-refractivity contribution in [2.75, 3.05) is 5.32 Å². The molecule has 0 aliphatic heterocycles. The fourth-order valence-corrected chi connectivity index (χ4v) is 2.74. The van der Waals surface area contributed by atoms with Crippen LogP contribution in [0.5, 0.6) is 0 Å². The van der Waals surface area contributed by atoms with E-state index >= 15 is 0 Å². The number of rotatable bonds is 4. The van der Waals surface area contributed by atoms with Crippen molar-refractivity contribution < 1.29 is 4.92 Å². The van der Waals surface area contributed by atoms with E-state index in [9.17, 15) is 10.1 Å². The van der Waals surface area contributed by atoms with E-state index in [4.69, 9.17) is 0 Å². The summed E-state index contributed by atoms with van der Waals surface area (Å²) < 4.78 is 0.472. The Bertz CT molecular complexity index is 615. The van der Waals surface area contributed by atoms with Gasteiger partial charge in [-0.05, 0) is 41.9 Å². The van der Waals surface area contributed by atoms with Crippen LogP contribution in [0.15, 0.2) is 28.1 Å². The maximum absolute atomic E-state index is 10.9. The molecule has 7 heteroatoms. The fraction of sp³-hybridized carbons (Fsp3) is 0.250. The average molecular weight is 342 g/mol. The molecule has 5 nitrogen and oxygen atoms in total. The van der Waals surface area contributed by atoms with Crippen molar-refractivity contribution in [3.8, 4) is 0 Å². The van der Waals surface area contributed by atoms with Gasteiger partial charge in [-0.3, -0.25) is 10.1 Å². The van der Waals surface area contributed by atoms with Gasteiger partial charge in [0, 0.05) is 17.1 Å². The van der Waals surface area contributed by atoms with E-state index in [0.29, 0.717) is 10.2 Å². The summed E-state index contributed by atoms with van der Waals surface area (Å²) in [5.74, 6) is 0. The first-order valence-corrected chi connectivity index (χ1v) is 7.27. The Hall–Kier alpha value is -1.47. The first kappa shape index (κ1) is 14.0. The van der Waals surface area contributed by atoms with Crippen LogP contribution in [0.2, 0.25) is 0 Å². The van der Waals surface area contributed by atoms with Crippen molar-refractivity contribution in [2.24, 2.45) is 0 Å². The number of halogens is 1. The van der Waals surface area contributed by atoms with E-state index in [0.717, 1.165) is 10.7 Å². The lowest BCUT2D eigenvalue weighted by atomic mass is 10.2. The van der Waals surface area contributed by atoms with Gasteiger partial charge < -0.3 is 5.32 Å². The quantitative estimate of drug-likeness (QED) is 0.665. The molecule has 0 saturated heterocycles. The Labute approximate surface area is 123 Å². The summed E-state index contributed by atoms with van der Waals surface area (Å²) in [6, 6.07) is 4.98. The fourth-order valence-electron chi connectivity index (χ4n) is 1.65. The highest BCUT2D eigenvalue weighted by Crippen LogP contribution is 2.29. The zero-order valence-electron chi connectivity index (χ0n) is 10.4. The number of anilines is 1. The van der Waals surface area contributed by atoms with Crippen LogP contribution in [0.4, 0.5) is 11.4 Å². The summed E-state index contributed by atoms with van der Waals surface area (Å²) in [5.41, 5.74) is 1.69. The number of aryl methyl sites for hydroxylation is 1. The molecule has 1 N–H and O–H groups in total. The van der Waals surface area contributed by atoms with E-state index in [1.165, 1.54) is 6.07 Å². The Balaban J connectivity index is 2.19. The van der Waals surface area contributed by atoms with Crippen molar-refractivity contribution in [3.63, 3.8) is 0 Å². The van der Waals surface area contributed by atoms with Crippen LogP contribution in [0.3, 0.4) is 0 Å². The van der Waals surface area contributed by atoms with Gasteiger partial charge in [-0.25, -0.2) is 4.98 Å². The summed E-state index contributed by atoms with van der Waals surface area (Å²) in [6.45, 7) is 3.92. The molecule has 0 aliphatic carbocycles. The minimum absolute atomic E-state index is 0.00531. The molecule has 0 spiro atoms. The third-order valence-corrected chi connectivity index (χ3v) is 4.07. The van der Waals surface area contributed by atoms with Crippen LogP contribution >= 0.6 is 27.3 Å². The Morgan fingerprint density at radius 3 is 2.84 bits per heavy atom. The highest BCUT2D eigenvalue weighted by atomic mass is 79.9. The van der Waals surface area contributed by atoms with Crippen molar-refractivity contribution in [2.45, 2.75) is 19.9 Å². The molecule has 1 unspecified atom stereocenters. The Kier molecular flexibility index (Phi) is 4.16. The van der Waals surface area contributed by atoms with Gasteiger partial charge in [-0.1, -0.05) is 0 Å². The summed E-state index contributed by atoms with van der Waals surface area (Å²) >= 11 is 4.75. The minimum Gasteiger partial charge on any atom is -0.377 e. The summed E-state index contributed by atoms with van der Waals surface area (Å²) in [4.78, 5) is 14.9. The number of aromatic nitrogens is 1. The average Bonchev–Trinajstić information content (AvgIpc) is 2.78. The maximum Gasteiger partial charge on any atom is 0.285 e. The molecule has 19 heavy (non-hydrogen) atoms. The van der Waals surface area contributed by atoms with Crippen LogP contribution in [0.25, 0.3) is 0 Å². The second-order valence-corrected chi connectivity index (χ2v) is 6.00. The molecule has 1 aromatic carbocycles. The molecule has 1 heterocycles. The summed E-state index contributed by atoms with van der Waals surface area (Å²) in [5, 5.41) is 17.1. The highest BCUT2D eigenvalue weighted by Gasteiger charge is 2.14. The number of nitro benzene ring substituents is 1. The molecule has 0 amide bonds. The predicted octanol–water partition coefficient (Wildman–Crippen LogP) is 4.30. The standard InChI is InChI=1S/C12H12BrN3O2S/c1-7(11-6-19-8(2)15-11)14-9-3-4-10(13)12(5-9)16(17)18/h3-7,14H,1-2H3. The normalized spacial score (nSPS) is 12.2. The topological polar surface area (TPSA) is 68.1 Å². The van der Waals surface area contributed by atoms with Crippen molar-refractivity contribution in [3.05, 3.63) is 48.9 Å². The van der Waals surface area contributed by atoms with Gasteiger partial charge in [0.05, 0.1) is 26.1 Å². The molecule has 2 rings (SSSR count). The zero-order chi connectivity index (χ0) is 14.0. The molecule has 0 radical (unpaired) electrons. The lowest BCUT2D eigenvalue weighted by Gasteiger charge is -2.13. The molecular formula is C12H12BrN3O2S. The zero-order valence-corrected chi connectivity index (χ0v) is 12.8. The van der Waals surface area contributed by atoms with Gasteiger partial charge in [0.1, 0.15) is 0 Å². The monoisotopic (exact) mass is 341 g/mol. The molecule has 1 aromatic heterocycles. The number of nitro groups is 1. The number of hydrogen-bond acceptors (Lipinski definition) is 5. The van der Waals surface area contributed by atoms with E-state index < -0.39 is 4.92 Å². The lowest BCUT2D eigenvalue weighted by Crippen LogP contribution is -2.07. The Morgan fingerprint density at radius 2 is 2.26 bits per heavy atom. The van der Waals surface area contributed by atoms with E-state index in [-0.39, 0.29) is 11.7 Å². The van der Waals surface area contributed by atoms with Gasteiger partial charge in [0.2, 0.25) is 0 Å². The third kappa shape index (κ3) is 3.30. The van der Waals surface area contributed by atoms with Gasteiger partial charge >= 0.3 is 0 Å². The molecule has 0 fully saturated rings. The van der Waals surface area contributed by atoms with Crippen LogP contribution < -0.4 is 5.32 Å². The SMILES string of the molecule is Cc1nc(C(C)Nc2ccc(Br)c([N+](=O)[O-])c2)cs1. The van der Waals surface area contributed by atoms with Crippen LogP contribution in [0.1, 0.15) is 23.7 Å². The van der Waals surface area contributed by atoms with Gasteiger partial charge in [-0.2, -0.15) is 0 Å². The van der Waals surface area contributed by atoms with E-state index in [2.05, 4.69) is 26.2 Å².